The van der Waals surface area contributed by atoms with Gasteiger partial charge in [-0.15, -0.1) is 0 Å². The average Bonchev–Trinajstić information content (AvgIpc) is 2.55. The van der Waals surface area contributed by atoms with Crippen LogP contribution in [0.5, 0.6) is 0 Å². The van der Waals surface area contributed by atoms with Crippen LogP contribution in [-0.4, -0.2) is 21.0 Å². The van der Waals surface area contributed by atoms with Gasteiger partial charge in [0.1, 0.15) is 6.17 Å². The molecule has 0 bridgehead atoms. The van der Waals surface area contributed by atoms with E-state index in [1.807, 2.05) is 31.2 Å². The number of alkyl halides is 3. The number of rotatable bonds is 9. The number of nitrogens with one attached hydrogen (secondary N) is 3. The van der Waals surface area contributed by atoms with Gasteiger partial charge in [-0.3, -0.25) is 4.79 Å². The molecule has 1 rings (SSSR count). The number of halogens is 3. The van der Waals surface area contributed by atoms with Crippen molar-refractivity contribution in [3.8, 4) is 0 Å². The van der Waals surface area contributed by atoms with Crippen LogP contribution < -0.4 is 16.0 Å². The van der Waals surface area contributed by atoms with Gasteiger partial charge in [0.2, 0.25) is 9.70 Å². The van der Waals surface area contributed by atoms with Crippen LogP contribution in [0.3, 0.4) is 0 Å². The van der Waals surface area contributed by atoms with E-state index in [9.17, 15) is 4.79 Å². The molecule has 0 heterocycles. The Morgan fingerprint density at radius 3 is 2.38 bits per heavy atom. The molecule has 0 aliphatic carbocycles. The smallest absolute Gasteiger partial charge is 0.228 e. The Bertz CT molecular complexity index is 593. The van der Waals surface area contributed by atoms with Gasteiger partial charge in [0, 0.05) is 12.1 Å². The van der Waals surface area contributed by atoms with Crippen molar-refractivity contribution in [2.45, 2.75) is 62.3 Å². The first-order chi connectivity index (χ1) is 12.2. The third kappa shape index (κ3) is 9.26. The second-order valence-electron chi connectivity index (χ2n) is 6.12. The van der Waals surface area contributed by atoms with Crippen LogP contribution in [0.25, 0.3) is 0 Å². The summed E-state index contributed by atoms with van der Waals surface area (Å²) in [5.41, 5.74) is 1.87. The highest BCUT2D eigenvalue weighted by atomic mass is 35.6. The minimum atomic E-state index is -1.74. The summed E-state index contributed by atoms with van der Waals surface area (Å²) in [4.78, 5) is 12.1. The van der Waals surface area contributed by atoms with E-state index in [-0.39, 0.29) is 11.0 Å². The van der Waals surface area contributed by atoms with Gasteiger partial charge in [-0.2, -0.15) is 0 Å². The lowest BCUT2D eigenvalue weighted by Crippen LogP contribution is -2.56. The lowest BCUT2D eigenvalue weighted by molar-refractivity contribution is -0.122. The molecule has 0 aliphatic rings. The van der Waals surface area contributed by atoms with Crippen molar-refractivity contribution in [3.05, 3.63) is 29.8 Å². The van der Waals surface area contributed by atoms with Crippen LogP contribution in [0.2, 0.25) is 0 Å². The number of anilines is 1. The number of hydrogen-bond acceptors (Lipinski definition) is 2. The van der Waals surface area contributed by atoms with Gasteiger partial charge in [0.15, 0.2) is 5.11 Å². The number of hydrogen-bond donors (Lipinski definition) is 3. The predicted octanol–water partition coefficient (Wildman–Crippen LogP) is 5.45. The highest BCUT2D eigenvalue weighted by Gasteiger charge is 2.34. The topological polar surface area (TPSA) is 53.2 Å². The summed E-state index contributed by atoms with van der Waals surface area (Å²) < 4.78 is -1.74. The van der Waals surface area contributed by atoms with Gasteiger partial charge < -0.3 is 16.0 Å². The van der Waals surface area contributed by atoms with E-state index in [4.69, 9.17) is 47.0 Å². The Kier molecular flexibility index (Phi) is 10.6. The van der Waals surface area contributed by atoms with Gasteiger partial charge in [-0.1, -0.05) is 85.6 Å². The number of thiocarbonyl (C=S) groups is 1. The highest BCUT2D eigenvalue weighted by Crippen LogP contribution is 2.29. The molecule has 1 atom stereocenters. The Balaban J connectivity index is 2.54. The molecule has 0 spiro atoms. The zero-order valence-electron chi connectivity index (χ0n) is 15.1. The van der Waals surface area contributed by atoms with Gasteiger partial charge in [0.25, 0.3) is 0 Å². The lowest BCUT2D eigenvalue weighted by Gasteiger charge is -2.28. The molecule has 4 nitrogen and oxygen atoms in total. The van der Waals surface area contributed by atoms with Crippen molar-refractivity contribution in [1.82, 2.24) is 10.6 Å². The van der Waals surface area contributed by atoms with E-state index in [1.54, 1.807) is 0 Å². The van der Waals surface area contributed by atoms with Gasteiger partial charge in [0.05, 0.1) is 0 Å². The maximum absolute atomic E-state index is 12.1. The number of carbonyl (C=O) groups excluding carboxylic acids is 1. The molecule has 0 saturated heterocycles. The van der Waals surface area contributed by atoms with E-state index in [2.05, 4.69) is 22.9 Å². The van der Waals surface area contributed by atoms with Crippen molar-refractivity contribution < 1.29 is 4.79 Å². The molecule has 0 aliphatic heterocycles. The summed E-state index contributed by atoms with van der Waals surface area (Å²) in [5, 5.41) is 8.88. The SMILES string of the molecule is CCCCCCCC(=O)NC(NC(=S)Nc1ccccc1C)C(Cl)(Cl)Cl. The fourth-order valence-corrected chi connectivity index (χ4v) is 2.88. The molecule has 8 heteroatoms. The Morgan fingerprint density at radius 2 is 1.77 bits per heavy atom. The summed E-state index contributed by atoms with van der Waals surface area (Å²) in [5.74, 6) is -0.177. The van der Waals surface area contributed by atoms with Crippen LogP contribution in [0.4, 0.5) is 5.69 Å². The Hall–Kier alpha value is -0.750. The maximum atomic E-state index is 12.1. The number of aryl methyl sites for hydroxylation is 1. The zero-order valence-corrected chi connectivity index (χ0v) is 18.2. The molecule has 1 unspecified atom stereocenters. The molecule has 26 heavy (non-hydrogen) atoms. The Labute approximate surface area is 176 Å². The third-order valence-electron chi connectivity index (χ3n) is 3.81. The summed E-state index contributed by atoms with van der Waals surface area (Å²) >= 11 is 23.3. The monoisotopic (exact) mass is 437 g/mol. The van der Waals surface area contributed by atoms with E-state index in [0.717, 1.165) is 36.9 Å². The number of carbonyl (C=O) groups is 1. The van der Waals surface area contributed by atoms with Crippen LogP contribution in [0, 0.1) is 6.92 Å². The van der Waals surface area contributed by atoms with Crippen molar-refractivity contribution in [1.29, 1.82) is 0 Å². The second kappa shape index (κ2) is 11.9. The van der Waals surface area contributed by atoms with Crippen molar-refractivity contribution in [2.24, 2.45) is 0 Å². The normalized spacial score (nSPS) is 12.3. The summed E-state index contributed by atoms with van der Waals surface area (Å²) in [6.45, 7) is 4.11. The first-order valence-corrected chi connectivity index (χ1v) is 10.3. The molecule has 0 aromatic heterocycles. The minimum absolute atomic E-state index is 0.177. The van der Waals surface area contributed by atoms with E-state index >= 15 is 0 Å². The fourth-order valence-electron chi connectivity index (χ4n) is 2.32. The summed E-state index contributed by atoms with van der Waals surface area (Å²) in [6.07, 6.45) is 4.75. The number of amides is 1. The predicted molar refractivity (Wildman–Crippen MR) is 116 cm³/mol. The summed E-state index contributed by atoms with van der Waals surface area (Å²) in [6, 6.07) is 7.67. The second-order valence-corrected chi connectivity index (χ2v) is 8.90. The highest BCUT2D eigenvalue weighted by molar-refractivity contribution is 7.80. The van der Waals surface area contributed by atoms with Crippen molar-refractivity contribution in [3.63, 3.8) is 0 Å². The fraction of sp³-hybridized carbons (Fsp3) is 0.556. The Morgan fingerprint density at radius 1 is 1.12 bits per heavy atom. The van der Waals surface area contributed by atoms with E-state index in [0.29, 0.717) is 6.42 Å². The standard InChI is InChI=1S/C18H26Cl3N3OS/c1-3-4-5-6-7-12-15(25)23-16(18(19,20)21)24-17(26)22-14-11-9-8-10-13(14)2/h8-11,16H,3-7,12H2,1-2H3,(H,23,25)(H2,22,24,26). The van der Waals surface area contributed by atoms with Crippen LogP contribution >= 0.6 is 47.0 Å². The quantitative estimate of drug-likeness (QED) is 0.207. The van der Waals surface area contributed by atoms with Crippen molar-refractivity contribution >= 4 is 63.7 Å². The molecule has 0 radical (unpaired) electrons. The number of para-hydroxylation sites is 1. The van der Waals surface area contributed by atoms with Crippen molar-refractivity contribution in [2.75, 3.05) is 5.32 Å². The molecule has 1 aromatic rings. The van der Waals surface area contributed by atoms with Crippen LogP contribution in [0.15, 0.2) is 24.3 Å². The number of benzene rings is 1. The van der Waals surface area contributed by atoms with Gasteiger partial charge in [-0.25, -0.2) is 0 Å². The molecular formula is C18H26Cl3N3OS. The average molecular weight is 439 g/mol. The minimum Gasteiger partial charge on any atom is -0.339 e. The molecule has 146 valence electrons. The third-order valence-corrected chi connectivity index (χ3v) is 4.68. The first-order valence-electron chi connectivity index (χ1n) is 8.73. The lowest BCUT2D eigenvalue weighted by atomic mass is 10.1. The van der Waals surface area contributed by atoms with Gasteiger partial charge >= 0.3 is 0 Å². The molecule has 3 N–H and O–H groups in total. The summed E-state index contributed by atoms with van der Waals surface area (Å²) in [7, 11) is 0. The number of unbranched alkanes of at least 4 members (excludes halogenated alkanes) is 4. The van der Waals surface area contributed by atoms with E-state index < -0.39 is 9.96 Å². The molecular weight excluding hydrogens is 413 g/mol. The molecule has 0 fully saturated rings. The molecule has 0 saturated carbocycles. The van der Waals surface area contributed by atoms with Gasteiger partial charge in [-0.05, 0) is 37.2 Å². The first kappa shape index (κ1) is 23.3. The maximum Gasteiger partial charge on any atom is 0.228 e. The largest absolute Gasteiger partial charge is 0.339 e. The van der Waals surface area contributed by atoms with Crippen LogP contribution in [-0.2, 0) is 4.79 Å². The molecule has 1 aromatic carbocycles. The van der Waals surface area contributed by atoms with E-state index in [1.165, 1.54) is 6.42 Å². The zero-order chi connectivity index (χ0) is 19.6. The van der Waals surface area contributed by atoms with Crippen LogP contribution in [0.1, 0.15) is 51.0 Å². The molecule has 1 amide bonds.